The van der Waals surface area contributed by atoms with Gasteiger partial charge in [0.05, 0.1) is 31.4 Å². The highest BCUT2D eigenvalue weighted by atomic mass is 16.4. The molecule has 17 N–H and O–H groups in total. The van der Waals surface area contributed by atoms with Crippen LogP contribution in [0, 0.1) is 29.6 Å². The number of aliphatic hydroxyl groups is 1. The molecular formula is C63H95N13O16. The minimum absolute atomic E-state index is 0.00875. The number of aliphatic carboxylic acids is 2. The number of carboxylic acids is 2. The third kappa shape index (κ3) is 26.8. The van der Waals surface area contributed by atoms with Crippen molar-refractivity contribution in [3.63, 3.8) is 0 Å². The Labute approximate surface area is 535 Å². The van der Waals surface area contributed by atoms with Crippen LogP contribution in [0.2, 0.25) is 0 Å². The molecule has 29 nitrogen and oxygen atoms in total. The van der Waals surface area contributed by atoms with Crippen LogP contribution in [0.15, 0.2) is 67.1 Å². The summed E-state index contributed by atoms with van der Waals surface area (Å²) in [5.41, 5.74) is 7.42. The maximum Gasteiger partial charge on any atom is 0.326 e. The Morgan fingerprint density at radius 3 is 1.42 bits per heavy atom. The number of rotatable bonds is 39. The Bertz CT molecular complexity index is 2940. The van der Waals surface area contributed by atoms with E-state index in [0.29, 0.717) is 23.2 Å². The monoisotopic (exact) mass is 1290 g/mol. The molecule has 3 rings (SSSR count). The Balaban J connectivity index is 1.84. The van der Waals surface area contributed by atoms with E-state index in [4.69, 9.17) is 5.73 Å². The average Bonchev–Trinajstić information content (AvgIpc) is 1.68. The molecule has 0 radical (unpaired) electrons. The number of aliphatic hydroxyl groups excluding tert-OH is 1. The lowest BCUT2D eigenvalue weighted by Crippen LogP contribution is -2.61. The van der Waals surface area contributed by atoms with Crippen LogP contribution in [0.25, 0.3) is 0 Å². The summed E-state index contributed by atoms with van der Waals surface area (Å²) < 4.78 is 0. The van der Waals surface area contributed by atoms with E-state index in [-0.39, 0.29) is 67.9 Å². The van der Waals surface area contributed by atoms with Gasteiger partial charge in [-0.1, -0.05) is 118 Å². The van der Waals surface area contributed by atoms with Gasteiger partial charge in [-0.05, 0) is 79.0 Å². The van der Waals surface area contributed by atoms with Crippen LogP contribution in [-0.2, 0) is 76.8 Å². The smallest absolute Gasteiger partial charge is 0.326 e. The number of aromatic nitrogens is 2. The minimum atomic E-state index is -1.85. The van der Waals surface area contributed by atoms with E-state index in [1.54, 1.807) is 78.8 Å². The number of carbonyl (C=O) groups excluding carboxylic acids is 10. The van der Waals surface area contributed by atoms with Crippen molar-refractivity contribution < 1.29 is 78.0 Å². The summed E-state index contributed by atoms with van der Waals surface area (Å²) >= 11 is 0. The SMILES string of the molecule is CC[C@H](C)[C@H](N)C(=O)N[C@@H](CC(C)C)C(=O)N[C@H](C(=O)NCC(=O)N[C@@H](Cc1cnc[nH]1)C(=O)N[C@H](C(=O)N[C@@H](CC(C)C)C(=O)N[C@@H](CC(C)C)C(=O)N[C@@H](Cc1ccccc1)C(=O)N[C@@H](CC(=O)O)C(=O)N[C@@H](Cc1ccc(O)cc1)C(=O)O)C(C)C)[C@@H](C)O. The lowest BCUT2D eigenvalue weighted by atomic mass is 9.97. The number of phenols is 1. The molecule has 0 fully saturated rings. The molecule has 92 heavy (non-hydrogen) atoms. The molecule has 0 saturated carbocycles. The number of carboxylic acid groups (broad SMARTS) is 2. The van der Waals surface area contributed by atoms with Crippen molar-refractivity contribution in [3.05, 3.63) is 83.9 Å². The van der Waals surface area contributed by atoms with Gasteiger partial charge in [0.15, 0.2) is 0 Å². The number of amides is 10. The number of aromatic hydroxyl groups is 1. The summed E-state index contributed by atoms with van der Waals surface area (Å²) in [6.45, 7) is 18.1. The molecule has 29 heteroatoms. The second kappa shape index (κ2) is 38.0. The molecule has 12 atom stereocenters. The van der Waals surface area contributed by atoms with E-state index in [1.165, 1.54) is 43.7 Å². The number of aromatic amines is 1. The largest absolute Gasteiger partial charge is 0.508 e. The highest BCUT2D eigenvalue weighted by Crippen LogP contribution is 2.16. The molecule has 10 amide bonds. The van der Waals surface area contributed by atoms with Crippen LogP contribution in [0.3, 0.4) is 0 Å². The summed E-state index contributed by atoms with van der Waals surface area (Å²) in [5.74, 6) is -13.4. The van der Waals surface area contributed by atoms with Gasteiger partial charge >= 0.3 is 11.9 Å². The van der Waals surface area contributed by atoms with E-state index in [2.05, 4.69) is 63.1 Å². The molecule has 0 aliphatic rings. The Morgan fingerprint density at radius 1 is 0.500 bits per heavy atom. The topological polar surface area (TPSA) is 461 Å². The molecule has 0 aliphatic heterocycles. The molecule has 2 aromatic carbocycles. The first-order chi connectivity index (χ1) is 43.2. The summed E-state index contributed by atoms with van der Waals surface area (Å²) in [5, 5.41) is 65.5. The number of nitrogens with two attached hydrogens (primary N) is 1. The first-order valence-corrected chi connectivity index (χ1v) is 30.9. The van der Waals surface area contributed by atoms with Crippen LogP contribution >= 0.6 is 0 Å². The van der Waals surface area contributed by atoms with Crippen molar-refractivity contribution in [1.29, 1.82) is 0 Å². The Kier molecular flexibility index (Phi) is 31.9. The molecule has 3 aromatic rings. The zero-order valence-electron chi connectivity index (χ0n) is 54.2. The van der Waals surface area contributed by atoms with E-state index in [9.17, 15) is 78.0 Å². The number of hydrogen-bond donors (Lipinski definition) is 16. The van der Waals surface area contributed by atoms with Crippen LogP contribution < -0.4 is 58.9 Å². The summed E-state index contributed by atoms with van der Waals surface area (Å²) in [7, 11) is 0. The van der Waals surface area contributed by atoms with E-state index < -0.39 is 156 Å². The minimum Gasteiger partial charge on any atom is -0.508 e. The zero-order chi connectivity index (χ0) is 69.1. The molecule has 0 spiro atoms. The molecule has 508 valence electrons. The number of nitrogens with one attached hydrogen (secondary N) is 11. The summed E-state index contributed by atoms with van der Waals surface area (Å²) in [6.07, 6.45) is 0.342. The normalized spacial score (nSPS) is 15.3. The number of benzene rings is 2. The lowest BCUT2D eigenvalue weighted by molar-refractivity contribution is -0.143. The standard InChI is InChI=1S/C63H95N13O16/c1-12-36(10)51(64)60(88)72-44(24-34(6)7)58(86)76-53(37(11)77)61(89)66-30-49(79)68-46(27-40-29-65-31-67-40)59(87)75-52(35(8)9)62(90)73-43(23-33(4)5)55(83)69-42(22-32(2)3)54(82)70-45(25-38-16-14-13-15-17-38)56(84)71-47(28-50(80)81)57(85)74-48(63(91)92)26-39-18-20-41(78)21-19-39/h13-21,29,31-37,42-48,51-53,77-78H,12,22-28,30,64H2,1-11H3,(H,65,67)(H,66,89)(H,68,79)(H,69,83)(H,70,82)(H,71,84)(H,72,88)(H,73,90)(H,74,85)(H,75,87)(H,76,86)(H,80,81)(H,91,92)/t36-,37+,42-,43-,44-,45-,46-,47-,48-,51-,52-,53-/m0/s1. The maximum absolute atomic E-state index is 14.5. The fourth-order valence-corrected chi connectivity index (χ4v) is 9.55. The first kappa shape index (κ1) is 77.3. The van der Waals surface area contributed by atoms with Crippen molar-refractivity contribution in [2.75, 3.05) is 6.54 Å². The third-order valence-electron chi connectivity index (χ3n) is 14.9. The van der Waals surface area contributed by atoms with Gasteiger partial charge in [0, 0.05) is 31.2 Å². The van der Waals surface area contributed by atoms with E-state index in [0.717, 1.165) is 0 Å². The van der Waals surface area contributed by atoms with Gasteiger partial charge in [0.2, 0.25) is 59.1 Å². The second-order valence-corrected chi connectivity index (χ2v) is 24.7. The number of H-pyrrole nitrogens is 1. The van der Waals surface area contributed by atoms with E-state index >= 15 is 0 Å². The van der Waals surface area contributed by atoms with Crippen molar-refractivity contribution >= 4 is 71.0 Å². The lowest BCUT2D eigenvalue weighted by Gasteiger charge is -2.29. The Morgan fingerprint density at radius 2 is 0.935 bits per heavy atom. The average molecular weight is 1290 g/mol. The predicted molar refractivity (Wildman–Crippen MR) is 337 cm³/mol. The van der Waals surface area contributed by atoms with Crippen molar-refractivity contribution in [2.45, 2.75) is 194 Å². The van der Waals surface area contributed by atoms with Crippen LogP contribution in [0.4, 0.5) is 0 Å². The highest BCUT2D eigenvalue weighted by molar-refractivity contribution is 5.99. The number of nitrogens with zero attached hydrogens (tertiary/aromatic N) is 1. The van der Waals surface area contributed by atoms with Gasteiger partial charge in [-0.3, -0.25) is 52.7 Å². The van der Waals surface area contributed by atoms with E-state index in [1.807, 2.05) is 20.8 Å². The molecular weight excluding hydrogens is 1190 g/mol. The van der Waals surface area contributed by atoms with Gasteiger partial charge in [0.1, 0.15) is 60.1 Å². The second-order valence-electron chi connectivity index (χ2n) is 24.7. The van der Waals surface area contributed by atoms with Gasteiger partial charge in [0.25, 0.3) is 0 Å². The van der Waals surface area contributed by atoms with Crippen molar-refractivity contribution in [3.8, 4) is 5.75 Å². The summed E-state index contributed by atoms with van der Waals surface area (Å²) in [6, 6.07) is -0.274. The van der Waals surface area contributed by atoms with Gasteiger partial charge in [-0.25, -0.2) is 9.78 Å². The first-order valence-electron chi connectivity index (χ1n) is 30.9. The number of phenolic OH excluding ortho intramolecular Hbond substituents is 1. The predicted octanol–water partition coefficient (Wildman–Crippen LogP) is -0.270. The van der Waals surface area contributed by atoms with Gasteiger partial charge in [-0.2, -0.15) is 0 Å². The highest BCUT2D eigenvalue weighted by Gasteiger charge is 2.38. The van der Waals surface area contributed by atoms with Crippen molar-refractivity contribution in [2.24, 2.45) is 35.3 Å². The van der Waals surface area contributed by atoms with Crippen LogP contribution in [0.5, 0.6) is 5.75 Å². The Hall–Kier alpha value is -8.99. The van der Waals surface area contributed by atoms with Gasteiger partial charge in [-0.15, -0.1) is 0 Å². The van der Waals surface area contributed by atoms with Crippen molar-refractivity contribution in [1.82, 2.24) is 63.1 Å². The maximum atomic E-state index is 14.5. The van der Waals surface area contributed by atoms with Crippen LogP contribution in [-0.4, -0.2) is 174 Å². The molecule has 0 unspecified atom stereocenters. The quantitative estimate of drug-likeness (QED) is 0.0350. The number of carbonyl (C=O) groups is 12. The fourth-order valence-electron chi connectivity index (χ4n) is 9.55. The molecule has 0 aliphatic carbocycles. The fraction of sp³-hybridized carbons (Fsp3) is 0.571. The molecule has 1 aromatic heterocycles. The molecule has 0 bridgehead atoms. The molecule has 0 saturated heterocycles. The third-order valence-corrected chi connectivity index (χ3v) is 14.9. The van der Waals surface area contributed by atoms with Gasteiger partial charge < -0.3 is 84.3 Å². The summed E-state index contributed by atoms with van der Waals surface area (Å²) in [4.78, 5) is 170. The number of imidazole rings is 1. The molecule has 1 heterocycles. The zero-order valence-corrected chi connectivity index (χ0v) is 54.2. The van der Waals surface area contributed by atoms with Crippen LogP contribution in [0.1, 0.15) is 125 Å². The number of hydrogen-bond acceptors (Lipinski definition) is 16.